The first-order chi connectivity index (χ1) is 8.31. The van der Waals surface area contributed by atoms with Gasteiger partial charge in [0.05, 0.1) is 13.5 Å². The van der Waals surface area contributed by atoms with Crippen LogP contribution >= 0.6 is 12.4 Å². The number of carbonyl (C=O) groups is 1. The number of nitrogens with two attached hydrogens (primary N) is 1. The highest BCUT2D eigenvalue weighted by Gasteiger charge is 2.31. The Hall–Kier alpha value is -1.47. The number of benzene rings is 1. The van der Waals surface area contributed by atoms with Gasteiger partial charge in [-0.05, 0) is 17.7 Å². The molecule has 1 aromatic rings. The van der Waals surface area contributed by atoms with Crippen molar-refractivity contribution in [3.8, 4) is 5.75 Å². The van der Waals surface area contributed by atoms with Gasteiger partial charge in [-0.2, -0.15) is 0 Å². The van der Waals surface area contributed by atoms with Gasteiger partial charge in [-0.3, -0.25) is 4.79 Å². The van der Waals surface area contributed by atoms with Crippen molar-refractivity contribution in [3.63, 3.8) is 0 Å². The molecule has 0 amide bonds. The number of halogens is 4. The maximum absolute atomic E-state index is 11.9. The van der Waals surface area contributed by atoms with E-state index in [1.807, 2.05) is 0 Å². The van der Waals surface area contributed by atoms with Crippen molar-refractivity contribution in [2.45, 2.75) is 18.8 Å². The second-order valence-electron chi connectivity index (χ2n) is 3.50. The molecular weight excluding hydrogens is 287 g/mol. The largest absolute Gasteiger partial charge is 0.573 e. The van der Waals surface area contributed by atoms with Crippen LogP contribution in [0.25, 0.3) is 0 Å². The molecule has 0 aliphatic heterocycles. The van der Waals surface area contributed by atoms with E-state index >= 15 is 0 Å². The number of esters is 1. The van der Waals surface area contributed by atoms with Gasteiger partial charge in [0.25, 0.3) is 0 Å². The zero-order chi connectivity index (χ0) is 13.8. The molecule has 0 saturated carbocycles. The lowest BCUT2D eigenvalue weighted by atomic mass is 10.0. The Labute approximate surface area is 114 Å². The van der Waals surface area contributed by atoms with Gasteiger partial charge in [0.1, 0.15) is 5.75 Å². The van der Waals surface area contributed by atoms with Gasteiger partial charge in [0.15, 0.2) is 0 Å². The highest BCUT2D eigenvalue weighted by atomic mass is 35.5. The maximum atomic E-state index is 11.9. The summed E-state index contributed by atoms with van der Waals surface area (Å²) in [5.41, 5.74) is 6.21. The molecule has 8 heteroatoms. The topological polar surface area (TPSA) is 61.5 Å². The number of methoxy groups -OCH3 is 1. The molecule has 0 heterocycles. The predicted molar refractivity (Wildman–Crippen MR) is 63.9 cm³/mol. The summed E-state index contributed by atoms with van der Waals surface area (Å²) in [4.78, 5) is 11.0. The maximum Gasteiger partial charge on any atom is 0.573 e. The quantitative estimate of drug-likeness (QED) is 0.868. The van der Waals surface area contributed by atoms with Crippen molar-refractivity contribution < 1.29 is 27.4 Å². The molecule has 0 fully saturated rings. The van der Waals surface area contributed by atoms with E-state index in [-0.39, 0.29) is 24.6 Å². The molecule has 0 radical (unpaired) electrons. The molecule has 0 saturated heterocycles. The Morgan fingerprint density at radius 2 is 1.84 bits per heavy atom. The Bertz CT molecular complexity index is 409. The first kappa shape index (κ1) is 17.5. The van der Waals surface area contributed by atoms with Crippen molar-refractivity contribution in [1.29, 1.82) is 0 Å². The lowest BCUT2D eigenvalue weighted by Crippen LogP contribution is -2.18. The second-order valence-corrected chi connectivity index (χ2v) is 3.50. The lowest BCUT2D eigenvalue weighted by Gasteiger charge is -2.12. The van der Waals surface area contributed by atoms with Crippen molar-refractivity contribution in [2.24, 2.45) is 5.73 Å². The third kappa shape index (κ3) is 6.30. The van der Waals surface area contributed by atoms with E-state index in [2.05, 4.69) is 9.47 Å². The van der Waals surface area contributed by atoms with Gasteiger partial charge < -0.3 is 15.2 Å². The minimum Gasteiger partial charge on any atom is -0.469 e. The smallest absolute Gasteiger partial charge is 0.469 e. The van der Waals surface area contributed by atoms with Crippen LogP contribution in [0.4, 0.5) is 13.2 Å². The number of hydrogen-bond donors (Lipinski definition) is 1. The molecule has 0 unspecified atom stereocenters. The first-order valence-electron chi connectivity index (χ1n) is 5.00. The fourth-order valence-corrected chi connectivity index (χ4v) is 1.30. The Balaban J connectivity index is 0.00000324. The average Bonchev–Trinajstić information content (AvgIpc) is 2.27. The molecule has 19 heavy (non-hydrogen) atoms. The fraction of sp³-hybridized carbons (Fsp3) is 0.364. The standard InChI is InChI=1S/C11H12F3NO3.ClH/c1-17-10(16)6-9(15)7-2-4-8(5-3-7)18-11(12,13)14;/h2-5,9H,6,15H2,1H3;1H/t9-;/m1./s1. The normalized spacial score (nSPS) is 12.3. The predicted octanol–water partition coefficient (Wildman–Crippen LogP) is 2.57. The summed E-state index contributed by atoms with van der Waals surface area (Å²) in [7, 11) is 1.23. The van der Waals surface area contributed by atoms with Gasteiger partial charge in [0.2, 0.25) is 0 Å². The molecule has 4 nitrogen and oxygen atoms in total. The Kier molecular flexibility index (Phi) is 6.64. The van der Waals surface area contributed by atoms with Gasteiger partial charge >= 0.3 is 12.3 Å². The number of alkyl halides is 3. The minimum absolute atomic E-state index is 0. The second kappa shape index (κ2) is 7.20. The van der Waals surface area contributed by atoms with Crippen molar-refractivity contribution >= 4 is 18.4 Å². The van der Waals surface area contributed by atoms with E-state index in [0.717, 1.165) is 12.1 Å². The summed E-state index contributed by atoms with van der Waals surface area (Å²) >= 11 is 0. The third-order valence-electron chi connectivity index (χ3n) is 2.16. The highest BCUT2D eigenvalue weighted by Crippen LogP contribution is 2.24. The molecular formula is C11H13ClF3NO3. The Morgan fingerprint density at radius 1 is 1.32 bits per heavy atom. The molecule has 1 rings (SSSR count). The van der Waals surface area contributed by atoms with Crippen LogP contribution in [0.3, 0.4) is 0 Å². The highest BCUT2D eigenvalue weighted by molar-refractivity contribution is 5.85. The summed E-state index contributed by atoms with van der Waals surface area (Å²) in [5.74, 6) is -0.824. The third-order valence-corrected chi connectivity index (χ3v) is 2.16. The zero-order valence-electron chi connectivity index (χ0n) is 9.94. The van der Waals surface area contributed by atoms with Crippen LogP contribution in [0.5, 0.6) is 5.75 Å². The molecule has 0 bridgehead atoms. The van der Waals surface area contributed by atoms with Gasteiger partial charge in [-0.1, -0.05) is 12.1 Å². The average molecular weight is 300 g/mol. The first-order valence-corrected chi connectivity index (χ1v) is 5.00. The summed E-state index contributed by atoms with van der Waals surface area (Å²) in [5, 5.41) is 0. The van der Waals surface area contributed by atoms with Crippen LogP contribution in [-0.4, -0.2) is 19.4 Å². The van der Waals surface area contributed by atoms with Gasteiger partial charge in [0, 0.05) is 6.04 Å². The molecule has 0 aliphatic carbocycles. The van der Waals surface area contributed by atoms with E-state index in [1.165, 1.54) is 19.2 Å². The minimum atomic E-state index is -4.73. The molecule has 0 spiro atoms. The van der Waals surface area contributed by atoms with Crippen molar-refractivity contribution in [2.75, 3.05) is 7.11 Å². The van der Waals surface area contributed by atoms with Crippen molar-refractivity contribution in [3.05, 3.63) is 29.8 Å². The molecule has 108 valence electrons. The Morgan fingerprint density at radius 3 is 2.26 bits per heavy atom. The summed E-state index contributed by atoms with van der Waals surface area (Å²) < 4.78 is 43.9. The molecule has 1 atom stereocenters. The fourth-order valence-electron chi connectivity index (χ4n) is 1.30. The van der Waals surface area contributed by atoms with Crippen LogP contribution in [-0.2, 0) is 9.53 Å². The number of rotatable bonds is 4. The summed E-state index contributed by atoms with van der Waals surface area (Å²) in [6.45, 7) is 0. The van der Waals surface area contributed by atoms with Gasteiger partial charge in [-0.25, -0.2) is 0 Å². The van der Waals surface area contributed by atoms with E-state index in [9.17, 15) is 18.0 Å². The molecule has 0 aliphatic rings. The summed E-state index contributed by atoms with van der Waals surface area (Å²) in [6.07, 6.45) is -4.77. The monoisotopic (exact) mass is 299 g/mol. The molecule has 0 aromatic heterocycles. The van der Waals surface area contributed by atoms with E-state index in [1.54, 1.807) is 0 Å². The molecule has 2 N–H and O–H groups in total. The van der Waals surface area contributed by atoms with Crippen LogP contribution in [0.2, 0.25) is 0 Å². The summed E-state index contributed by atoms with van der Waals surface area (Å²) in [6, 6.07) is 4.39. The zero-order valence-corrected chi connectivity index (χ0v) is 10.8. The van der Waals surface area contributed by atoms with E-state index in [0.29, 0.717) is 5.56 Å². The van der Waals surface area contributed by atoms with Gasteiger partial charge in [-0.15, -0.1) is 25.6 Å². The molecule has 1 aromatic carbocycles. The van der Waals surface area contributed by atoms with E-state index in [4.69, 9.17) is 5.73 Å². The lowest BCUT2D eigenvalue weighted by molar-refractivity contribution is -0.274. The van der Waals surface area contributed by atoms with E-state index < -0.39 is 18.4 Å². The van der Waals surface area contributed by atoms with Crippen LogP contribution in [0.15, 0.2) is 24.3 Å². The van der Waals surface area contributed by atoms with Crippen LogP contribution in [0, 0.1) is 0 Å². The number of hydrogen-bond acceptors (Lipinski definition) is 4. The van der Waals surface area contributed by atoms with Crippen LogP contribution in [0.1, 0.15) is 18.0 Å². The van der Waals surface area contributed by atoms with Crippen LogP contribution < -0.4 is 10.5 Å². The number of ether oxygens (including phenoxy) is 2. The van der Waals surface area contributed by atoms with Crippen molar-refractivity contribution in [1.82, 2.24) is 0 Å². The SMILES string of the molecule is COC(=O)C[C@@H](N)c1ccc(OC(F)(F)F)cc1.Cl. The number of carbonyl (C=O) groups excluding carboxylic acids is 1.